The van der Waals surface area contributed by atoms with E-state index in [0.29, 0.717) is 24.2 Å². The molecule has 0 saturated heterocycles. The fourth-order valence-electron chi connectivity index (χ4n) is 2.03. The quantitative estimate of drug-likeness (QED) is 0.816. The molecule has 22 heavy (non-hydrogen) atoms. The third-order valence-corrected chi connectivity index (χ3v) is 2.93. The monoisotopic (exact) mass is 321 g/mol. The molecule has 10 heteroatoms. The smallest absolute Gasteiger partial charge is 0.465 e. The van der Waals surface area contributed by atoms with Gasteiger partial charge in [0.05, 0.1) is 17.9 Å². The Morgan fingerprint density at radius 3 is 2.77 bits per heavy atom. The molecule has 0 bridgehead atoms. The van der Waals surface area contributed by atoms with Gasteiger partial charge in [-0.1, -0.05) is 0 Å². The second-order valence-electron chi connectivity index (χ2n) is 4.51. The first-order chi connectivity index (χ1) is 10.3. The van der Waals surface area contributed by atoms with Gasteiger partial charge in [-0.05, 0) is 6.92 Å². The van der Waals surface area contributed by atoms with E-state index in [1.54, 1.807) is 6.92 Å². The van der Waals surface area contributed by atoms with Gasteiger partial charge in [0.15, 0.2) is 0 Å². The van der Waals surface area contributed by atoms with Crippen LogP contribution in [-0.4, -0.2) is 41.0 Å². The van der Waals surface area contributed by atoms with Gasteiger partial charge in [0.25, 0.3) is 0 Å². The molecule has 1 N–H and O–H groups in total. The lowest BCUT2D eigenvalue weighted by Gasteiger charge is -2.13. The number of aromatic nitrogens is 2. The lowest BCUT2D eigenvalue weighted by atomic mass is 10.1. The normalized spacial score (nSPS) is 14.4. The number of hydrogen-bond donors (Lipinski definition) is 1. The van der Waals surface area contributed by atoms with E-state index in [9.17, 15) is 22.8 Å². The highest BCUT2D eigenvalue weighted by Crippen LogP contribution is 2.28. The van der Waals surface area contributed by atoms with E-state index in [0.717, 1.165) is 4.68 Å². The van der Waals surface area contributed by atoms with Crippen LogP contribution >= 0.6 is 0 Å². The molecule has 1 aliphatic rings. The molecule has 122 valence electrons. The Bertz CT molecular complexity index is 583. The molecule has 0 amide bonds. The van der Waals surface area contributed by atoms with E-state index in [1.165, 1.54) is 0 Å². The third-order valence-electron chi connectivity index (χ3n) is 2.93. The van der Waals surface area contributed by atoms with E-state index in [-0.39, 0.29) is 19.0 Å². The number of esters is 2. The van der Waals surface area contributed by atoms with Crippen molar-refractivity contribution in [2.45, 2.75) is 32.6 Å². The first-order valence-electron chi connectivity index (χ1n) is 6.56. The van der Waals surface area contributed by atoms with Crippen molar-refractivity contribution in [3.05, 3.63) is 11.3 Å². The Morgan fingerprint density at radius 1 is 1.41 bits per heavy atom. The zero-order valence-corrected chi connectivity index (χ0v) is 11.7. The second kappa shape index (κ2) is 6.34. The average Bonchev–Trinajstić information content (AvgIpc) is 2.76. The Labute approximate surface area is 123 Å². The molecule has 0 saturated carbocycles. The first kappa shape index (κ1) is 16.3. The summed E-state index contributed by atoms with van der Waals surface area (Å²) in [5.74, 6) is -3.41. The maximum absolute atomic E-state index is 12.4. The van der Waals surface area contributed by atoms with Crippen molar-refractivity contribution in [2.75, 3.05) is 13.2 Å². The predicted molar refractivity (Wildman–Crippen MR) is 66.0 cm³/mol. The molecule has 0 fully saturated rings. The number of fused-ring (bicyclic) bond motifs is 1. The van der Waals surface area contributed by atoms with Crippen LogP contribution in [0.3, 0.4) is 0 Å². The molecular weight excluding hydrogens is 307 g/mol. The van der Waals surface area contributed by atoms with E-state index in [4.69, 9.17) is 4.74 Å². The van der Waals surface area contributed by atoms with Crippen molar-refractivity contribution in [1.82, 2.24) is 15.1 Å². The van der Waals surface area contributed by atoms with Crippen LogP contribution in [0.2, 0.25) is 0 Å². The lowest BCUT2D eigenvalue weighted by Crippen LogP contribution is -2.30. The van der Waals surface area contributed by atoms with Gasteiger partial charge in [-0.3, -0.25) is 4.79 Å². The van der Waals surface area contributed by atoms with E-state index in [2.05, 4.69) is 15.2 Å². The summed E-state index contributed by atoms with van der Waals surface area (Å²) >= 11 is 0. The van der Waals surface area contributed by atoms with Crippen LogP contribution in [0.5, 0.6) is 5.88 Å². The summed E-state index contributed by atoms with van der Waals surface area (Å²) in [6, 6.07) is 0. The largest absolute Gasteiger partial charge is 0.491 e. The Balaban J connectivity index is 2.30. The van der Waals surface area contributed by atoms with Crippen LogP contribution in [0.4, 0.5) is 13.2 Å². The van der Waals surface area contributed by atoms with Crippen LogP contribution in [-0.2, 0) is 33.8 Å². The minimum absolute atomic E-state index is 0.124. The molecule has 1 aromatic rings. The standard InChI is InChI=1S/C12H14F3N3O4/c1-2-21-9(19)6-18-10(22-11(20)12(13,14)15)7-5-16-4-3-8(7)17-18/h16H,2-6H2,1H3. The van der Waals surface area contributed by atoms with E-state index < -0.39 is 24.7 Å². The van der Waals surface area contributed by atoms with Crippen molar-refractivity contribution in [3.8, 4) is 5.88 Å². The Morgan fingerprint density at radius 2 is 2.14 bits per heavy atom. The molecule has 0 aromatic carbocycles. The minimum Gasteiger partial charge on any atom is -0.465 e. The van der Waals surface area contributed by atoms with Gasteiger partial charge in [0.2, 0.25) is 5.88 Å². The summed E-state index contributed by atoms with van der Waals surface area (Å²) in [5, 5.41) is 6.98. The highest BCUT2D eigenvalue weighted by Gasteiger charge is 2.42. The summed E-state index contributed by atoms with van der Waals surface area (Å²) in [6.07, 6.45) is -4.67. The maximum Gasteiger partial charge on any atom is 0.491 e. The summed E-state index contributed by atoms with van der Waals surface area (Å²) in [7, 11) is 0. The molecule has 1 aromatic heterocycles. The van der Waals surface area contributed by atoms with Crippen molar-refractivity contribution in [3.63, 3.8) is 0 Å². The van der Waals surface area contributed by atoms with Gasteiger partial charge in [-0.2, -0.15) is 18.3 Å². The lowest BCUT2D eigenvalue weighted by molar-refractivity contribution is -0.190. The predicted octanol–water partition coefficient (Wildman–Crippen LogP) is 0.560. The summed E-state index contributed by atoms with van der Waals surface area (Å²) in [4.78, 5) is 22.6. The average molecular weight is 321 g/mol. The van der Waals surface area contributed by atoms with Crippen LogP contribution in [0.25, 0.3) is 0 Å². The minimum atomic E-state index is -5.13. The number of alkyl halides is 3. The number of hydrogen-bond acceptors (Lipinski definition) is 6. The number of nitrogens with zero attached hydrogens (tertiary/aromatic N) is 2. The zero-order valence-electron chi connectivity index (χ0n) is 11.7. The number of ether oxygens (including phenoxy) is 2. The summed E-state index contributed by atoms with van der Waals surface area (Å²) in [6.45, 7) is 2.09. The molecule has 1 aliphatic heterocycles. The second-order valence-corrected chi connectivity index (χ2v) is 4.51. The number of halogens is 3. The number of carbonyl (C=O) groups is 2. The number of nitrogens with one attached hydrogen (secondary N) is 1. The molecule has 0 unspecified atom stereocenters. The first-order valence-corrected chi connectivity index (χ1v) is 6.56. The van der Waals surface area contributed by atoms with Crippen molar-refractivity contribution in [1.29, 1.82) is 0 Å². The fraction of sp³-hybridized carbons (Fsp3) is 0.583. The Kier molecular flexibility index (Phi) is 4.69. The van der Waals surface area contributed by atoms with Crippen LogP contribution in [0, 0.1) is 0 Å². The number of rotatable bonds is 4. The van der Waals surface area contributed by atoms with Crippen molar-refractivity contribution >= 4 is 11.9 Å². The Hall–Kier alpha value is -2.10. The fourth-order valence-corrected chi connectivity index (χ4v) is 2.03. The van der Waals surface area contributed by atoms with Gasteiger partial charge >= 0.3 is 18.1 Å². The molecule has 0 atom stereocenters. The zero-order chi connectivity index (χ0) is 16.3. The summed E-state index contributed by atoms with van der Waals surface area (Å²) in [5.41, 5.74) is 0.834. The number of carbonyl (C=O) groups excluding carboxylic acids is 2. The topological polar surface area (TPSA) is 82.5 Å². The van der Waals surface area contributed by atoms with Gasteiger partial charge in [-0.25, -0.2) is 9.48 Å². The molecule has 2 heterocycles. The summed E-state index contributed by atoms with van der Waals surface area (Å²) < 4.78 is 47.2. The van der Waals surface area contributed by atoms with Crippen molar-refractivity contribution in [2.24, 2.45) is 0 Å². The maximum atomic E-state index is 12.4. The third kappa shape index (κ3) is 3.56. The highest BCUT2D eigenvalue weighted by molar-refractivity contribution is 5.78. The van der Waals surface area contributed by atoms with E-state index >= 15 is 0 Å². The molecular formula is C12H14F3N3O4. The highest BCUT2D eigenvalue weighted by atomic mass is 19.4. The van der Waals surface area contributed by atoms with Gasteiger partial charge in [0, 0.05) is 19.5 Å². The molecule has 0 radical (unpaired) electrons. The molecule has 2 rings (SSSR count). The van der Waals surface area contributed by atoms with Crippen LogP contribution in [0.1, 0.15) is 18.2 Å². The van der Waals surface area contributed by atoms with Crippen LogP contribution < -0.4 is 10.1 Å². The SMILES string of the molecule is CCOC(=O)Cn1nc2c(c1OC(=O)C(F)(F)F)CNCC2. The molecule has 0 spiro atoms. The van der Waals surface area contributed by atoms with Gasteiger partial charge in [-0.15, -0.1) is 0 Å². The van der Waals surface area contributed by atoms with Gasteiger partial charge in [0.1, 0.15) is 6.54 Å². The van der Waals surface area contributed by atoms with Crippen LogP contribution in [0.15, 0.2) is 0 Å². The van der Waals surface area contributed by atoms with Gasteiger partial charge < -0.3 is 14.8 Å². The molecule has 7 nitrogen and oxygen atoms in total. The molecule has 0 aliphatic carbocycles. The van der Waals surface area contributed by atoms with E-state index in [1.807, 2.05) is 0 Å². The van der Waals surface area contributed by atoms with Crippen molar-refractivity contribution < 1.29 is 32.2 Å².